The minimum atomic E-state index is -0.564. The molecule has 196 valence electrons. The molecule has 39 heavy (non-hydrogen) atoms. The maximum absolute atomic E-state index is 12.4. The van der Waals surface area contributed by atoms with Gasteiger partial charge in [0.15, 0.2) is 5.82 Å². The normalized spacial score (nSPS) is 11.6. The molecule has 6 aromatic rings. The van der Waals surface area contributed by atoms with E-state index >= 15 is 0 Å². The number of benzene rings is 2. The van der Waals surface area contributed by atoms with Gasteiger partial charge in [0, 0.05) is 52.0 Å². The van der Waals surface area contributed by atoms with Gasteiger partial charge in [0.2, 0.25) is 0 Å². The average Bonchev–Trinajstić information content (AvgIpc) is 3.65. The van der Waals surface area contributed by atoms with Crippen LogP contribution in [0.4, 0.5) is 0 Å². The molecule has 2 aromatic carbocycles. The molecule has 10 heteroatoms. The highest BCUT2D eigenvalue weighted by Gasteiger charge is 2.21. The van der Waals surface area contributed by atoms with Gasteiger partial charge in [-0.25, -0.2) is 4.98 Å². The number of amides is 1. The van der Waals surface area contributed by atoms with E-state index in [0.29, 0.717) is 28.8 Å². The van der Waals surface area contributed by atoms with Gasteiger partial charge < -0.3 is 20.6 Å². The Bertz CT molecular complexity index is 1850. The van der Waals surface area contributed by atoms with Crippen molar-refractivity contribution in [2.45, 2.75) is 26.9 Å². The van der Waals surface area contributed by atoms with Crippen molar-refractivity contribution < 1.29 is 4.79 Å². The van der Waals surface area contributed by atoms with Crippen molar-refractivity contribution in [2.24, 2.45) is 5.73 Å². The van der Waals surface area contributed by atoms with Crippen LogP contribution in [0, 0.1) is 6.92 Å². The number of aromatic nitrogens is 6. The van der Waals surface area contributed by atoms with Gasteiger partial charge in [0.25, 0.3) is 5.91 Å². The van der Waals surface area contributed by atoms with E-state index in [2.05, 4.69) is 56.4 Å². The quantitative estimate of drug-likeness (QED) is 0.212. The first-order chi connectivity index (χ1) is 18.9. The Labute approximate surface area is 229 Å². The van der Waals surface area contributed by atoms with E-state index in [4.69, 9.17) is 17.3 Å². The second kappa shape index (κ2) is 10.0. The third kappa shape index (κ3) is 4.45. The molecule has 0 aliphatic heterocycles. The number of aromatic amines is 2. The number of nitrogens with one attached hydrogen (secondary N) is 3. The molecule has 6 rings (SSSR count). The van der Waals surface area contributed by atoms with E-state index in [0.717, 1.165) is 57.1 Å². The summed E-state index contributed by atoms with van der Waals surface area (Å²) in [5.41, 5.74) is 13.8. The Morgan fingerprint density at radius 3 is 2.74 bits per heavy atom. The summed E-state index contributed by atoms with van der Waals surface area (Å²) in [6.07, 6.45) is 7.21. The van der Waals surface area contributed by atoms with Crippen molar-refractivity contribution in [1.29, 1.82) is 0 Å². The van der Waals surface area contributed by atoms with Crippen LogP contribution in [0.1, 0.15) is 34.1 Å². The molecule has 0 spiro atoms. The molecule has 9 nitrogen and oxygen atoms in total. The number of rotatable bonds is 8. The highest BCUT2D eigenvalue weighted by Crippen LogP contribution is 2.33. The lowest BCUT2D eigenvalue weighted by Crippen LogP contribution is -2.18. The molecule has 0 fully saturated rings. The van der Waals surface area contributed by atoms with Crippen LogP contribution in [0.5, 0.6) is 0 Å². The van der Waals surface area contributed by atoms with Crippen molar-refractivity contribution in [2.75, 3.05) is 6.54 Å². The van der Waals surface area contributed by atoms with Gasteiger partial charge in [0.05, 0.1) is 18.3 Å². The number of imidazole rings is 1. The van der Waals surface area contributed by atoms with Crippen LogP contribution in [-0.4, -0.2) is 42.2 Å². The number of pyridine rings is 1. The molecule has 0 aliphatic rings. The maximum Gasteiger partial charge on any atom is 0.267 e. The van der Waals surface area contributed by atoms with Gasteiger partial charge in [-0.05, 0) is 66.1 Å². The highest BCUT2D eigenvalue weighted by atomic mass is 35.5. The third-order valence-electron chi connectivity index (χ3n) is 7.14. The Morgan fingerprint density at radius 1 is 1.08 bits per heavy atom. The van der Waals surface area contributed by atoms with Crippen LogP contribution >= 0.6 is 11.6 Å². The molecule has 0 unspecified atom stereocenters. The van der Waals surface area contributed by atoms with Gasteiger partial charge in [-0.2, -0.15) is 5.10 Å². The van der Waals surface area contributed by atoms with Gasteiger partial charge >= 0.3 is 0 Å². The summed E-state index contributed by atoms with van der Waals surface area (Å²) in [5.74, 6) is -0.0225. The first kappa shape index (κ1) is 24.8. The smallest absolute Gasteiger partial charge is 0.267 e. The third-order valence-corrected chi connectivity index (χ3v) is 7.37. The van der Waals surface area contributed by atoms with Crippen molar-refractivity contribution in [3.8, 4) is 22.6 Å². The summed E-state index contributed by atoms with van der Waals surface area (Å²) in [5, 5.41) is 13.6. The number of carbonyl (C=O) groups is 1. The summed E-state index contributed by atoms with van der Waals surface area (Å²) < 4.78 is 1.80. The Morgan fingerprint density at radius 2 is 1.92 bits per heavy atom. The largest absolute Gasteiger partial charge is 0.364 e. The molecule has 0 saturated heterocycles. The van der Waals surface area contributed by atoms with E-state index in [-0.39, 0.29) is 0 Å². The summed E-state index contributed by atoms with van der Waals surface area (Å²) in [6.45, 7) is 6.21. The fourth-order valence-electron chi connectivity index (χ4n) is 5.02. The van der Waals surface area contributed by atoms with E-state index in [9.17, 15) is 4.79 Å². The molecule has 1 amide bonds. The zero-order valence-electron chi connectivity index (χ0n) is 21.5. The Hall–Kier alpha value is -4.47. The van der Waals surface area contributed by atoms with Crippen LogP contribution in [-0.2, 0) is 13.1 Å². The SMILES string of the molecule is CCNCc1cncc(-c2ccc3[nH]nc(-c4ncc(C(N)=O)n4Cc4c[nH]c5ccc(Cl)cc45)c3c2)c1C. The molecule has 0 radical (unpaired) electrons. The van der Waals surface area contributed by atoms with E-state index in [1.165, 1.54) is 11.8 Å². The van der Waals surface area contributed by atoms with Crippen molar-refractivity contribution >= 4 is 39.3 Å². The summed E-state index contributed by atoms with van der Waals surface area (Å²) in [6, 6.07) is 11.8. The lowest BCUT2D eigenvalue weighted by molar-refractivity contribution is 0.0992. The fourth-order valence-corrected chi connectivity index (χ4v) is 5.19. The van der Waals surface area contributed by atoms with Gasteiger partial charge in [0.1, 0.15) is 11.4 Å². The predicted molar refractivity (Wildman–Crippen MR) is 154 cm³/mol. The Kier molecular flexibility index (Phi) is 6.38. The van der Waals surface area contributed by atoms with E-state index in [1.807, 2.05) is 42.9 Å². The second-order valence-electron chi connectivity index (χ2n) is 9.51. The van der Waals surface area contributed by atoms with Crippen molar-refractivity contribution in [3.63, 3.8) is 0 Å². The van der Waals surface area contributed by atoms with Gasteiger partial charge in [-0.15, -0.1) is 0 Å². The number of fused-ring (bicyclic) bond motifs is 2. The standard InChI is InChI=1S/C29H27ClN8O/c1-3-32-10-18-11-33-13-23(16(18)2)17-4-6-25-22(8-17)27(37-36-25)29-35-14-26(28(31)39)38(29)15-19-12-34-24-7-5-20(30)9-21(19)24/h4-9,11-14,32,34H,3,10,15H2,1-2H3,(H2,31,39)(H,36,37). The molecule has 0 saturated carbocycles. The summed E-state index contributed by atoms with van der Waals surface area (Å²) >= 11 is 6.27. The van der Waals surface area contributed by atoms with Crippen molar-refractivity contribution in [1.82, 2.24) is 35.0 Å². The molecule has 0 bridgehead atoms. The van der Waals surface area contributed by atoms with Crippen LogP contribution in [0.2, 0.25) is 5.02 Å². The number of hydrogen-bond acceptors (Lipinski definition) is 5. The lowest BCUT2D eigenvalue weighted by atomic mass is 9.98. The van der Waals surface area contributed by atoms with Gasteiger partial charge in [-0.1, -0.05) is 24.6 Å². The minimum absolute atomic E-state index is 0.296. The van der Waals surface area contributed by atoms with Crippen LogP contribution in [0.15, 0.2) is 61.2 Å². The zero-order valence-corrected chi connectivity index (χ0v) is 22.3. The molecule has 0 aliphatic carbocycles. The first-order valence-corrected chi connectivity index (χ1v) is 13.1. The van der Waals surface area contributed by atoms with Crippen LogP contribution in [0.3, 0.4) is 0 Å². The van der Waals surface area contributed by atoms with Crippen LogP contribution < -0.4 is 11.1 Å². The second-order valence-corrected chi connectivity index (χ2v) is 9.94. The first-order valence-electron chi connectivity index (χ1n) is 12.7. The Balaban J connectivity index is 1.46. The minimum Gasteiger partial charge on any atom is -0.364 e. The maximum atomic E-state index is 12.4. The lowest BCUT2D eigenvalue weighted by Gasteiger charge is -2.12. The summed E-state index contributed by atoms with van der Waals surface area (Å²) in [4.78, 5) is 24.7. The zero-order chi connectivity index (χ0) is 27.1. The summed E-state index contributed by atoms with van der Waals surface area (Å²) in [7, 11) is 0. The molecular formula is C29H27ClN8O. The van der Waals surface area contributed by atoms with Crippen LogP contribution in [0.25, 0.3) is 44.5 Å². The topological polar surface area (TPSA) is 130 Å². The number of nitrogens with zero attached hydrogens (tertiary/aromatic N) is 4. The molecule has 0 atom stereocenters. The number of H-pyrrole nitrogens is 2. The molecule has 4 heterocycles. The van der Waals surface area contributed by atoms with E-state index in [1.54, 1.807) is 4.57 Å². The molecule has 4 aromatic heterocycles. The highest BCUT2D eigenvalue weighted by molar-refractivity contribution is 6.31. The molecule has 5 N–H and O–H groups in total. The predicted octanol–water partition coefficient (Wildman–Crippen LogP) is 5.19. The fraction of sp³-hybridized carbons (Fsp3) is 0.172. The number of halogens is 1. The average molecular weight is 539 g/mol. The van der Waals surface area contributed by atoms with Gasteiger partial charge in [-0.3, -0.25) is 14.9 Å². The number of hydrogen-bond donors (Lipinski definition) is 4. The number of nitrogens with two attached hydrogens (primary N) is 1. The van der Waals surface area contributed by atoms with Crippen molar-refractivity contribution in [3.05, 3.63) is 88.6 Å². The number of carbonyl (C=O) groups excluding carboxylic acids is 1. The molecular weight excluding hydrogens is 512 g/mol. The van der Waals surface area contributed by atoms with E-state index < -0.39 is 5.91 Å². The number of primary amides is 1. The monoisotopic (exact) mass is 538 g/mol.